The molecule has 4 aliphatic rings. The molecule has 1 saturated carbocycles. The van der Waals surface area contributed by atoms with Crippen molar-refractivity contribution in [2.75, 3.05) is 32.8 Å². The van der Waals surface area contributed by atoms with Gasteiger partial charge in [-0.2, -0.15) is 0 Å². The van der Waals surface area contributed by atoms with Gasteiger partial charge in [-0.1, -0.05) is 135 Å². The largest absolute Gasteiger partial charge is 0.508 e. The number of allylic oxidation sites excluding steroid dienone is 3. The van der Waals surface area contributed by atoms with Crippen LogP contribution in [0.1, 0.15) is 165 Å². The number of aliphatic hydroxyl groups excluding tert-OH is 1. The number of aromatic carboxylic acids is 2. The standard InChI is InChI=1S/C73H93N11O12.C23H16O6/c1-43(2)29-61(70(94)80-60(15-9-26-77-73(74)75)67(91)41-84-28-10-16-64(84)72(96)79-38-45(4)86)82-71(95)62(35-50-20-19-48-11-5-6-12-57(48)50)81-68(92)52(31-46-17-22-55(87)23-18-46)37-66(90)63(42-85)83-69(93)53(33-54-40-78-59-14-8-7-13-58(54)59)36-65(89)51(32-47-25-27-76-39-47)30-44(3)49-21-24-56(88)34-49;24-20-16(14-7-3-1-5-12(14)9-18(20)22(26)27)11-17-15-8-4-2-6-13(15)10-19(21(17)25)23(28)29/h5-8,11-14,17-18,20,22-23,27,39-40,43,49,51-53,60-64,78,85,87H,3,9-10,15-16,19,21,24-26,28-38,41-42H2,1-2,4H3,(H,79,96)(H,80,94)(H,81,92)(H,82,95)(H,83,93)(H4,74,75,77);1-10,24-25H,11H2,(H,26,27)(H,28,29). The summed E-state index contributed by atoms with van der Waals surface area (Å²) in [6.07, 6.45) is 11.1. The van der Waals surface area contributed by atoms with Crippen LogP contribution in [0.5, 0.6) is 17.2 Å². The van der Waals surface area contributed by atoms with Gasteiger partial charge in [0.25, 0.3) is 0 Å². The number of aromatic hydroxyl groups is 3. The molecule has 1 saturated heterocycles. The van der Waals surface area contributed by atoms with Crippen LogP contribution in [0.15, 0.2) is 180 Å². The molecule has 0 bridgehead atoms. The minimum atomic E-state index is -1.56. The molecular weight excluding hydrogens is 1600 g/mol. The van der Waals surface area contributed by atoms with Crippen LogP contribution in [0.2, 0.25) is 0 Å². The van der Waals surface area contributed by atoms with Gasteiger partial charge in [0.05, 0.1) is 31.8 Å². The Labute approximate surface area is 723 Å². The molecule has 29 heteroatoms. The van der Waals surface area contributed by atoms with E-state index in [-0.39, 0.29) is 129 Å². The number of aliphatic hydroxyl groups is 1. The number of aromatic nitrogens is 1. The van der Waals surface area contributed by atoms with Crippen LogP contribution >= 0.6 is 0 Å². The lowest BCUT2D eigenvalue weighted by molar-refractivity contribution is -0.136. The molecule has 0 spiro atoms. The smallest absolute Gasteiger partial charge is 0.339 e. The summed E-state index contributed by atoms with van der Waals surface area (Å²) in [5.74, 6) is -11.4. The van der Waals surface area contributed by atoms with Crippen LogP contribution in [-0.2, 0) is 73.6 Å². The van der Waals surface area contributed by atoms with Gasteiger partial charge in [-0.05, 0) is 181 Å². The molecule has 2 aliphatic heterocycles. The number of carboxylic acid groups (broad SMARTS) is 2. The normalized spacial score (nSPS) is 16.4. The number of benzene rings is 7. The number of carboxylic acids is 2. The van der Waals surface area contributed by atoms with Crippen LogP contribution < -0.4 is 38.1 Å². The summed E-state index contributed by atoms with van der Waals surface area (Å²) in [6, 6.07) is 32.0. The number of aliphatic imine (C=N–C) groups is 2. The van der Waals surface area contributed by atoms with Gasteiger partial charge in [-0.15, -0.1) is 0 Å². The van der Waals surface area contributed by atoms with Crippen molar-refractivity contribution in [3.05, 3.63) is 214 Å². The fraction of sp³-hybridized carbons (Fsp3) is 0.375. The third kappa shape index (κ3) is 24.6. The number of hydrogen-bond donors (Lipinski definition) is 14. The number of amides is 5. The SMILES string of the molecule is C=C(CC(CC1=CN=CC1)C(=O)CC(Cc1c[nH]c2ccccc12)C(=O)NC(CO)C(=O)CC(Cc1ccc(O)cc1)C(=O)NC(CC1=CCc2ccccc21)C(=O)NC(CC(C)C)C(=O)NC(CCCN=C(N)N)C(=O)CN1CCCC1C(=O)NCC(C)=O)C1CCC(=O)C1.O=C(O)c1cc2ccccc2c(Cc2c(O)c(C(=O)O)cc3ccccc23)c1O. The van der Waals surface area contributed by atoms with Crippen LogP contribution in [0.4, 0.5) is 0 Å². The zero-order valence-corrected chi connectivity index (χ0v) is 70.3. The first-order valence-corrected chi connectivity index (χ1v) is 42.3. The number of carbonyl (C=O) groups is 12. The zero-order valence-electron chi connectivity index (χ0n) is 70.3. The molecule has 0 radical (unpaired) electrons. The van der Waals surface area contributed by atoms with E-state index in [4.69, 9.17) is 11.5 Å². The lowest BCUT2D eigenvalue weighted by atomic mass is 9.81. The summed E-state index contributed by atoms with van der Waals surface area (Å²) in [6.45, 7) is 8.72. The monoisotopic (exact) mass is 1700 g/mol. The van der Waals surface area contributed by atoms with Crippen molar-refractivity contribution in [1.29, 1.82) is 0 Å². The van der Waals surface area contributed by atoms with E-state index in [1.807, 2.05) is 68.5 Å². The average molecular weight is 1700 g/mol. The van der Waals surface area contributed by atoms with Crippen LogP contribution in [0.25, 0.3) is 38.0 Å². The molecule has 7 aromatic carbocycles. The van der Waals surface area contributed by atoms with E-state index in [9.17, 15) is 78.6 Å². The molecular formula is C96H109N11O18. The van der Waals surface area contributed by atoms with E-state index in [0.29, 0.717) is 103 Å². The Bertz CT molecular complexity index is 5450. The maximum Gasteiger partial charge on any atom is 0.339 e. The Balaban J connectivity index is 0.000000437. The summed E-state index contributed by atoms with van der Waals surface area (Å²) in [7, 11) is 0. The third-order valence-corrected chi connectivity index (χ3v) is 23.7. The highest BCUT2D eigenvalue weighted by Gasteiger charge is 2.39. The molecule has 9 unspecified atom stereocenters. The van der Waals surface area contributed by atoms with Gasteiger partial charge >= 0.3 is 11.9 Å². The summed E-state index contributed by atoms with van der Waals surface area (Å²) in [4.78, 5) is 178. The van der Waals surface area contributed by atoms with E-state index in [1.165, 1.54) is 31.2 Å². The molecule has 8 aromatic rings. The number of hydrogen-bond acceptors (Lipinski definition) is 19. The van der Waals surface area contributed by atoms with Gasteiger partial charge in [0.15, 0.2) is 17.5 Å². The van der Waals surface area contributed by atoms with Crippen molar-refractivity contribution < 1.29 is 88.2 Å². The fourth-order valence-corrected chi connectivity index (χ4v) is 17.1. The number of Topliss-reactive ketones (excluding diaryl/α,β-unsaturated/α-hetero) is 5. The zero-order chi connectivity index (χ0) is 89.7. The average Bonchev–Trinajstić information content (AvgIpc) is 1.18. The molecule has 12 rings (SSSR count). The number of phenolic OH excluding ortho intramolecular Hbond substituents is 1. The van der Waals surface area contributed by atoms with Gasteiger partial charge in [0, 0.05) is 110 Å². The first-order valence-electron chi connectivity index (χ1n) is 42.3. The second-order valence-electron chi connectivity index (χ2n) is 33.3. The lowest BCUT2D eigenvalue weighted by Gasteiger charge is -2.29. The van der Waals surface area contributed by atoms with Crippen molar-refractivity contribution in [3.63, 3.8) is 0 Å². The number of rotatable bonds is 42. The molecule has 3 heterocycles. The van der Waals surface area contributed by atoms with Crippen molar-refractivity contribution in [3.8, 4) is 17.2 Å². The second kappa shape index (κ2) is 43.2. The quantitative estimate of drug-likeness (QED) is 0.00732. The molecule has 16 N–H and O–H groups in total. The molecule has 2 aliphatic carbocycles. The number of nitrogens with two attached hydrogens (primary N) is 2. The summed E-state index contributed by atoms with van der Waals surface area (Å²) < 4.78 is 0. The third-order valence-electron chi connectivity index (χ3n) is 23.7. The number of aromatic amines is 1. The number of carbonyl (C=O) groups excluding carboxylic acids is 10. The van der Waals surface area contributed by atoms with Crippen LogP contribution in [0, 0.1) is 29.6 Å². The number of fused-ring (bicyclic) bond motifs is 4. The number of likely N-dealkylation sites (tertiary alicyclic amines) is 1. The fourth-order valence-electron chi connectivity index (χ4n) is 17.1. The van der Waals surface area contributed by atoms with Gasteiger partial charge in [0.2, 0.25) is 29.5 Å². The van der Waals surface area contributed by atoms with Gasteiger partial charge in [-0.25, -0.2) is 9.59 Å². The molecule has 9 atom stereocenters. The van der Waals surface area contributed by atoms with E-state index < -0.39 is 120 Å². The summed E-state index contributed by atoms with van der Waals surface area (Å²) in [5, 5.41) is 79.1. The Morgan fingerprint density at radius 1 is 0.648 bits per heavy atom. The van der Waals surface area contributed by atoms with E-state index in [0.717, 1.165) is 44.3 Å². The minimum absolute atomic E-state index is 0.0407. The van der Waals surface area contributed by atoms with E-state index >= 15 is 9.59 Å². The first kappa shape index (κ1) is 92.4. The van der Waals surface area contributed by atoms with Gasteiger partial charge in [0.1, 0.15) is 63.9 Å². The molecule has 2 fully saturated rings. The van der Waals surface area contributed by atoms with Crippen LogP contribution in [0.3, 0.4) is 0 Å². The highest BCUT2D eigenvalue weighted by atomic mass is 16.4. The van der Waals surface area contributed by atoms with Crippen molar-refractivity contribution in [2.45, 2.75) is 167 Å². The van der Waals surface area contributed by atoms with Crippen molar-refractivity contribution in [1.82, 2.24) is 36.5 Å². The molecule has 125 heavy (non-hydrogen) atoms. The van der Waals surface area contributed by atoms with Gasteiger partial charge in [-0.3, -0.25) is 62.8 Å². The second-order valence-corrected chi connectivity index (χ2v) is 33.3. The van der Waals surface area contributed by atoms with E-state index in [1.54, 1.807) is 84.2 Å². The maximum absolute atomic E-state index is 15.2. The molecule has 1 aromatic heterocycles. The van der Waals surface area contributed by atoms with Crippen LogP contribution in [-0.4, -0.2) is 186 Å². The number of phenols is 3. The van der Waals surface area contributed by atoms with E-state index in [2.05, 4.69) is 48.1 Å². The highest BCUT2D eigenvalue weighted by Crippen LogP contribution is 2.41. The Kier molecular flexibility index (Phi) is 31.9. The van der Waals surface area contributed by atoms with Gasteiger partial charge < -0.3 is 73.7 Å². The number of nitrogens with zero attached hydrogens (tertiary/aromatic N) is 3. The Morgan fingerprint density at radius 2 is 1.25 bits per heavy atom. The number of guanidine groups is 1. The van der Waals surface area contributed by atoms with Crippen molar-refractivity contribution >= 4 is 121 Å². The lowest BCUT2D eigenvalue weighted by Crippen LogP contribution is -2.57. The topological polar surface area (TPSA) is 482 Å². The number of ketones is 5. The number of nitrogens with one attached hydrogen (secondary N) is 6. The number of para-hydroxylation sites is 1. The highest BCUT2D eigenvalue weighted by molar-refractivity contribution is 6.04. The predicted molar refractivity (Wildman–Crippen MR) is 474 cm³/mol. The Hall–Kier alpha value is -13.3. The minimum Gasteiger partial charge on any atom is -0.508 e. The molecule has 656 valence electrons. The molecule has 29 nitrogen and oxygen atoms in total. The Morgan fingerprint density at radius 3 is 1.86 bits per heavy atom. The summed E-state index contributed by atoms with van der Waals surface area (Å²) >= 11 is 0. The molecule has 5 amide bonds. The summed E-state index contributed by atoms with van der Waals surface area (Å²) in [5.41, 5.74) is 17.7. The van der Waals surface area contributed by atoms with Crippen molar-refractivity contribution in [2.24, 2.45) is 51.0 Å². The first-order chi connectivity index (χ1) is 59.9. The number of H-pyrrole nitrogens is 1. The predicted octanol–water partition coefficient (Wildman–Crippen LogP) is 9.68. The maximum atomic E-state index is 15.2.